The summed E-state index contributed by atoms with van der Waals surface area (Å²) in [6.07, 6.45) is -15.8. The Kier molecular flexibility index (Phi) is 8.17. The molecule has 16 heteroatoms. The number of phenols is 3. The molecule has 9 atom stereocenters. The number of rotatable bonds is 6. The van der Waals surface area contributed by atoms with Crippen molar-refractivity contribution in [2.75, 3.05) is 13.2 Å². The molecular weight excluding hydrogens is 568 g/mol. The Labute approximate surface area is 235 Å². The van der Waals surface area contributed by atoms with Crippen LogP contribution in [0.25, 0.3) is 22.3 Å². The molecule has 0 radical (unpaired) electrons. The zero-order valence-corrected chi connectivity index (χ0v) is 21.4. The van der Waals surface area contributed by atoms with Crippen LogP contribution >= 0.6 is 0 Å². The Morgan fingerprint density at radius 3 is 2.10 bits per heavy atom. The van der Waals surface area contributed by atoms with E-state index in [-0.39, 0.29) is 17.1 Å². The summed E-state index contributed by atoms with van der Waals surface area (Å²) < 4.78 is 27.3. The van der Waals surface area contributed by atoms with Gasteiger partial charge in [-0.2, -0.15) is 0 Å². The summed E-state index contributed by atoms with van der Waals surface area (Å²) in [6, 6.07) is 6.40. The van der Waals surface area contributed by atoms with Crippen molar-refractivity contribution >= 4 is 11.0 Å². The minimum atomic E-state index is -1.98. The monoisotopic (exact) mass is 596 g/mol. The summed E-state index contributed by atoms with van der Waals surface area (Å²) in [7, 11) is 0. The molecule has 2 fully saturated rings. The fourth-order valence-corrected chi connectivity index (χ4v) is 4.58. The lowest BCUT2D eigenvalue weighted by Gasteiger charge is -2.39. The van der Waals surface area contributed by atoms with Crippen LogP contribution in [-0.2, 0) is 9.47 Å². The molecule has 2 aliphatic rings. The van der Waals surface area contributed by atoms with Gasteiger partial charge in [0.1, 0.15) is 59.6 Å². The molecule has 0 bridgehead atoms. The molecule has 5 rings (SSSR count). The Morgan fingerprint density at radius 1 is 0.786 bits per heavy atom. The van der Waals surface area contributed by atoms with Crippen molar-refractivity contribution in [2.45, 2.75) is 55.3 Å². The van der Waals surface area contributed by atoms with Crippen LogP contribution in [0.1, 0.15) is 0 Å². The van der Waals surface area contributed by atoms with Crippen molar-refractivity contribution in [3.05, 3.63) is 40.6 Å². The van der Waals surface area contributed by atoms with Crippen LogP contribution in [0.15, 0.2) is 39.5 Å². The van der Waals surface area contributed by atoms with Gasteiger partial charge in [0.25, 0.3) is 0 Å². The molecule has 228 valence electrons. The highest BCUT2D eigenvalue weighted by Gasteiger charge is 2.46. The second kappa shape index (κ2) is 11.5. The van der Waals surface area contributed by atoms with Gasteiger partial charge in [-0.3, -0.25) is 4.79 Å². The Balaban J connectivity index is 1.66. The maximum atomic E-state index is 13.3. The highest BCUT2D eigenvalue weighted by molar-refractivity contribution is 5.95. The van der Waals surface area contributed by atoms with Crippen molar-refractivity contribution in [3.8, 4) is 40.1 Å². The van der Waals surface area contributed by atoms with Gasteiger partial charge >= 0.3 is 0 Å². The number of hydrogen-bond acceptors (Lipinski definition) is 16. The molecule has 2 aliphatic heterocycles. The molecule has 0 spiro atoms. The van der Waals surface area contributed by atoms with Gasteiger partial charge in [0.2, 0.25) is 29.8 Å². The van der Waals surface area contributed by atoms with Crippen LogP contribution in [0.4, 0.5) is 0 Å². The largest absolute Gasteiger partial charge is 0.508 e. The fourth-order valence-electron chi connectivity index (χ4n) is 4.58. The van der Waals surface area contributed by atoms with Crippen LogP contribution in [0, 0.1) is 0 Å². The molecule has 2 aromatic carbocycles. The van der Waals surface area contributed by atoms with Gasteiger partial charge in [-0.25, -0.2) is 0 Å². The van der Waals surface area contributed by atoms with E-state index in [2.05, 4.69) is 0 Å². The maximum Gasteiger partial charge on any atom is 0.229 e. The lowest BCUT2D eigenvalue weighted by Crippen LogP contribution is -2.60. The normalized spacial score (nSPS) is 31.6. The van der Waals surface area contributed by atoms with Crippen molar-refractivity contribution in [2.24, 2.45) is 0 Å². The third-order valence-corrected chi connectivity index (χ3v) is 6.96. The van der Waals surface area contributed by atoms with Crippen LogP contribution in [0.2, 0.25) is 0 Å². The van der Waals surface area contributed by atoms with E-state index in [0.717, 1.165) is 6.07 Å². The summed E-state index contributed by atoms with van der Waals surface area (Å²) in [6.45, 7) is -1.32. The smallest absolute Gasteiger partial charge is 0.229 e. The number of aromatic hydroxyl groups is 3. The molecule has 10 N–H and O–H groups in total. The minimum absolute atomic E-state index is 0.0830. The van der Waals surface area contributed by atoms with Gasteiger partial charge in [0.05, 0.1) is 13.2 Å². The maximum absolute atomic E-state index is 13.3. The van der Waals surface area contributed by atoms with Crippen molar-refractivity contribution in [3.63, 3.8) is 0 Å². The first-order valence-electron chi connectivity index (χ1n) is 12.6. The summed E-state index contributed by atoms with van der Waals surface area (Å²) in [5, 5.41) is 102. The van der Waals surface area contributed by atoms with Gasteiger partial charge in [-0.15, -0.1) is 0 Å². The zero-order valence-electron chi connectivity index (χ0n) is 21.4. The first kappa shape index (κ1) is 29.8. The van der Waals surface area contributed by atoms with Crippen LogP contribution in [0.3, 0.4) is 0 Å². The summed E-state index contributed by atoms with van der Waals surface area (Å²) in [5.74, 6) is -4.00. The van der Waals surface area contributed by atoms with Gasteiger partial charge in [-0.1, -0.05) is 0 Å². The average Bonchev–Trinajstić information content (AvgIpc) is 2.97. The van der Waals surface area contributed by atoms with Gasteiger partial charge in [0.15, 0.2) is 16.8 Å². The Morgan fingerprint density at radius 2 is 1.43 bits per heavy atom. The number of aliphatic hydroxyl groups excluding tert-OH is 7. The standard InChI is InChI=1S/C26H28O16/c27-6-13-16(32)18(34)20(36)26(40-13)41-23-17(33)14-10(29)5-12(8-1-3-9(28)4-2-8)39-22(14)24(21(23)37)42-25-19(35)15(31)11(30)7-38-25/h1-5,11,13,15-16,18-20,25-28,30-37H,6-7H2/t11-,13-,15-,16-,18+,19+,20+,25+,26+/m1/s1. The third kappa shape index (κ3) is 5.19. The predicted molar refractivity (Wildman–Crippen MR) is 136 cm³/mol. The lowest BCUT2D eigenvalue weighted by molar-refractivity contribution is -0.277. The number of hydrogen-bond donors (Lipinski definition) is 10. The second-order valence-corrected chi connectivity index (χ2v) is 9.76. The van der Waals surface area contributed by atoms with Gasteiger partial charge in [-0.05, 0) is 24.3 Å². The van der Waals surface area contributed by atoms with Crippen LogP contribution < -0.4 is 14.9 Å². The van der Waals surface area contributed by atoms with Crippen molar-refractivity contribution in [1.29, 1.82) is 0 Å². The van der Waals surface area contributed by atoms with Crippen LogP contribution in [-0.4, -0.2) is 120 Å². The number of benzene rings is 2. The number of fused-ring (bicyclic) bond motifs is 1. The molecule has 16 nitrogen and oxygen atoms in total. The molecule has 0 unspecified atom stereocenters. The van der Waals surface area contributed by atoms with Crippen LogP contribution in [0.5, 0.6) is 28.7 Å². The topological polar surface area (TPSA) is 269 Å². The fraction of sp³-hybridized carbons (Fsp3) is 0.423. The van der Waals surface area contributed by atoms with Crippen molar-refractivity contribution in [1.82, 2.24) is 0 Å². The number of ether oxygens (including phenoxy) is 4. The number of phenolic OH excluding ortho intramolecular Hbond substituents is 3. The quantitative estimate of drug-likeness (QED) is 0.142. The van der Waals surface area contributed by atoms with E-state index in [0.29, 0.717) is 0 Å². The first-order chi connectivity index (χ1) is 19.9. The Bertz CT molecular complexity index is 1490. The Hall–Kier alpha value is -3.71. The molecule has 2 saturated heterocycles. The van der Waals surface area contributed by atoms with E-state index in [9.17, 15) is 55.9 Å². The van der Waals surface area contributed by atoms with Gasteiger partial charge in [0, 0.05) is 11.6 Å². The van der Waals surface area contributed by atoms with Gasteiger partial charge < -0.3 is 74.4 Å². The zero-order chi connectivity index (χ0) is 30.5. The number of aliphatic hydroxyl groups is 7. The summed E-state index contributed by atoms with van der Waals surface area (Å²) in [5.41, 5.74) is -1.20. The highest BCUT2D eigenvalue weighted by Crippen LogP contribution is 2.51. The molecule has 3 heterocycles. The van der Waals surface area contributed by atoms with E-state index < -0.39 is 108 Å². The second-order valence-electron chi connectivity index (χ2n) is 9.76. The molecule has 3 aromatic rings. The van der Waals surface area contributed by atoms with E-state index in [1.54, 1.807) is 0 Å². The summed E-state index contributed by atoms with van der Waals surface area (Å²) >= 11 is 0. The summed E-state index contributed by atoms with van der Waals surface area (Å²) in [4.78, 5) is 13.3. The lowest BCUT2D eigenvalue weighted by atomic mass is 9.99. The average molecular weight is 596 g/mol. The molecular formula is C26H28O16. The molecule has 0 aliphatic carbocycles. The van der Waals surface area contributed by atoms with E-state index in [1.165, 1.54) is 24.3 Å². The molecule has 1 aromatic heterocycles. The molecule has 42 heavy (non-hydrogen) atoms. The molecule has 0 saturated carbocycles. The van der Waals surface area contributed by atoms with E-state index in [4.69, 9.17) is 23.4 Å². The highest BCUT2D eigenvalue weighted by atomic mass is 16.7. The first-order valence-corrected chi connectivity index (χ1v) is 12.6. The van der Waals surface area contributed by atoms with E-state index >= 15 is 0 Å². The third-order valence-electron chi connectivity index (χ3n) is 6.96. The van der Waals surface area contributed by atoms with Crippen molar-refractivity contribution < 1.29 is 74.4 Å². The molecule has 0 amide bonds. The predicted octanol–water partition coefficient (Wildman–Crippen LogP) is -2.43. The SMILES string of the molecule is O=c1cc(-c2ccc(O)cc2)oc2c(O[C@@H]3OC[C@@H](O)[C@@H](O)[C@@H]3O)c(O)c(O[C@@H]3O[C@H](CO)[C@@H](O)[C@H](O)[C@@H]3O)c(O)c12. The van der Waals surface area contributed by atoms with E-state index in [1.807, 2.05) is 0 Å². The minimum Gasteiger partial charge on any atom is -0.508 e.